The van der Waals surface area contributed by atoms with E-state index in [0.717, 1.165) is 0 Å². The van der Waals surface area contributed by atoms with Crippen molar-refractivity contribution in [3.8, 4) is 0 Å². The summed E-state index contributed by atoms with van der Waals surface area (Å²) < 4.78 is 43.0. The molecule has 0 aliphatic carbocycles. The van der Waals surface area contributed by atoms with Crippen molar-refractivity contribution in [2.45, 2.75) is 135 Å². The van der Waals surface area contributed by atoms with E-state index in [1.54, 1.807) is 34.0 Å². The van der Waals surface area contributed by atoms with E-state index in [-0.39, 0.29) is 25.2 Å². The lowest BCUT2D eigenvalue weighted by molar-refractivity contribution is -0.302. The average Bonchev–Trinajstić information content (AvgIpc) is 3.33. The molecule has 0 saturated carbocycles. The molecule has 3 heterocycles. The highest BCUT2D eigenvalue weighted by molar-refractivity contribution is 5.89. The molecule has 0 aromatic rings. The number of hydrogen-bond donors (Lipinski definition) is 2. The van der Waals surface area contributed by atoms with Crippen LogP contribution in [-0.2, 0) is 38.0 Å². The van der Waals surface area contributed by atoms with E-state index in [1.807, 2.05) is 53.6 Å². The van der Waals surface area contributed by atoms with E-state index in [1.165, 1.54) is 0 Å². The highest BCUT2D eigenvalue weighted by Gasteiger charge is 2.59. The van der Waals surface area contributed by atoms with Gasteiger partial charge >= 0.3 is 12.1 Å². The van der Waals surface area contributed by atoms with Crippen molar-refractivity contribution in [1.82, 2.24) is 4.90 Å². The van der Waals surface area contributed by atoms with Crippen molar-refractivity contribution in [2.24, 2.45) is 28.8 Å². The van der Waals surface area contributed by atoms with Crippen LogP contribution in [0.1, 0.15) is 74.7 Å². The Morgan fingerprint density at radius 3 is 2.32 bits per heavy atom. The Kier molecular flexibility index (Phi) is 13.3. The summed E-state index contributed by atoms with van der Waals surface area (Å²) in [6.07, 6.45) is -3.68. The first kappa shape index (κ1) is 39.2. The number of methoxy groups -OCH3 is 1. The fourth-order valence-electron chi connectivity index (χ4n) is 7.86. The van der Waals surface area contributed by atoms with Crippen LogP contribution in [0.2, 0.25) is 0 Å². The smallest absolute Gasteiger partial charge is 0.458 e. The number of aliphatic hydroxyl groups is 1. The van der Waals surface area contributed by atoms with Gasteiger partial charge in [-0.05, 0) is 61.1 Å². The standard InChI is InChI=1S/C34H58N2O11/c1-13-15-42-27-21(6)28(45-31-26(37)23(36(10)11)16-19(4)43-31)33(8,41-12)17-18(3)25(35-40)20(5)29-34(9,47-32(39)46-29)24(14-2)44-30(38)22(27)7/h13,18-24,26-29,31,37,40H,1,14-17H2,2-12H3/b35-25+/t18-,19-,20+,21+,22-,23+,24-,26-,27+,28-,29-,31+,33-,34-/m1/s1. The van der Waals surface area contributed by atoms with Crippen LogP contribution in [-0.4, -0.2) is 121 Å². The molecule has 0 spiro atoms. The molecule has 270 valence electrons. The Balaban J connectivity index is 2.19. The minimum absolute atomic E-state index is 0.142. The van der Waals surface area contributed by atoms with Crippen LogP contribution < -0.4 is 0 Å². The molecule has 0 radical (unpaired) electrons. The molecule has 0 amide bonds. The molecule has 2 N–H and O–H groups in total. The van der Waals surface area contributed by atoms with Gasteiger partial charge in [-0.25, -0.2) is 4.79 Å². The van der Waals surface area contributed by atoms with Crippen molar-refractivity contribution >= 4 is 17.8 Å². The Morgan fingerprint density at radius 1 is 1.11 bits per heavy atom. The van der Waals surface area contributed by atoms with Gasteiger partial charge in [0.05, 0.1) is 42.1 Å². The Labute approximate surface area is 279 Å². The Hall–Kier alpha value is -2.29. The summed E-state index contributed by atoms with van der Waals surface area (Å²) >= 11 is 0. The lowest BCUT2D eigenvalue weighted by Crippen LogP contribution is -2.60. The van der Waals surface area contributed by atoms with Crippen molar-refractivity contribution in [3.63, 3.8) is 0 Å². The van der Waals surface area contributed by atoms with Gasteiger partial charge in [0.1, 0.15) is 12.2 Å². The largest absolute Gasteiger partial charge is 0.509 e. The van der Waals surface area contributed by atoms with Crippen molar-refractivity contribution in [3.05, 3.63) is 12.7 Å². The number of oxime groups is 1. The summed E-state index contributed by atoms with van der Waals surface area (Å²) in [7, 11) is 5.37. The third kappa shape index (κ3) is 8.13. The monoisotopic (exact) mass is 670 g/mol. The molecule has 3 aliphatic rings. The van der Waals surface area contributed by atoms with Crippen LogP contribution in [0.3, 0.4) is 0 Å². The molecule has 47 heavy (non-hydrogen) atoms. The molecule has 3 aliphatic heterocycles. The maximum Gasteiger partial charge on any atom is 0.509 e. The number of hydrogen-bond acceptors (Lipinski definition) is 13. The molecule has 0 unspecified atom stereocenters. The van der Waals surface area contributed by atoms with E-state index < -0.39 is 83.8 Å². The number of esters is 1. The number of nitrogens with zero attached hydrogens (tertiary/aromatic N) is 2. The molecular formula is C34H58N2O11. The summed E-state index contributed by atoms with van der Waals surface area (Å²) in [5.41, 5.74) is -2.13. The van der Waals surface area contributed by atoms with Crippen LogP contribution in [0.15, 0.2) is 17.8 Å². The fraction of sp³-hybridized carbons (Fsp3) is 0.853. The quantitative estimate of drug-likeness (QED) is 0.165. The molecule has 3 rings (SSSR count). The number of likely N-dealkylation sites (N-methyl/N-ethyl adjacent to an activating group) is 1. The fourth-order valence-corrected chi connectivity index (χ4v) is 7.86. The SMILES string of the molecule is C=CCO[C@H]1[C@H](C)[C@@H](O[C@@H]2O[C@H](C)C[C@H](N(C)C)[C@H]2O)[C@](C)(OC)C[C@@H](C)/C(=N\O)[C@H](C)[C@H]2OC(=O)O[C@]2(C)[C@@H](CC)OC(=O)[C@@H]1C. The maximum absolute atomic E-state index is 14.0. The highest BCUT2D eigenvalue weighted by Crippen LogP contribution is 2.43. The molecule has 0 aromatic carbocycles. The topological polar surface area (TPSA) is 155 Å². The first-order valence-corrected chi connectivity index (χ1v) is 16.7. The Morgan fingerprint density at radius 2 is 1.77 bits per heavy atom. The molecular weight excluding hydrogens is 612 g/mol. The summed E-state index contributed by atoms with van der Waals surface area (Å²) in [6.45, 7) is 18.6. The van der Waals surface area contributed by atoms with E-state index >= 15 is 0 Å². The molecule has 0 aromatic heterocycles. The van der Waals surface area contributed by atoms with E-state index in [9.17, 15) is 19.9 Å². The molecule has 3 fully saturated rings. The minimum Gasteiger partial charge on any atom is -0.458 e. The van der Waals surface area contributed by atoms with E-state index in [4.69, 9.17) is 33.2 Å². The third-order valence-corrected chi connectivity index (χ3v) is 10.5. The predicted molar refractivity (Wildman–Crippen MR) is 173 cm³/mol. The van der Waals surface area contributed by atoms with Gasteiger partial charge in [0.25, 0.3) is 0 Å². The molecule has 13 nitrogen and oxygen atoms in total. The van der Waals surface area contributed by atoms with Gasteiger partial charge in [0, 0.05) is 30.9 Å². The lowest BCUT2D eigenvalue weighted by atomic mass is 9.73. The maximum atomic E-state index is 14.0. The summed E-state index contributed by atoms with van der Waals surface area (Å²) in [5, 5.41) is 25.5. The number of aliphatic hydroxyl groups excluding tert-OH is 1. The van der Waals surface area contributed by atoms with E-state index in [2.05, 4.69) is 11.7 Å². The minimum atomic E-state index is -1.37. The van der Waals surface area contributed by atoms with Crippen molar-refractivity contribution in [2.75, 3.05) is 27.8 Å². The third-order valence-electron chi connectivity index (χ3n) is 10.5. The molecule has 14 atom stereocenters. The van der Waals surface area contributed by atoms with Gasteiger partial charge < -0.3 is 48.4 Å². The highest BCUT2D eigenvalue weighted by atomic mass is 16.8. The van der Waals surface area contributed by atoms with Gasteiger partial charge in [-0.15, -0.1) is 6.58 Å². The van der Waals surface area contributed by atoms with Crippen LogP contribution >= 0.6 is 0 Å². The summed E-state index contributed by atoms with van der Waals surface area (Å²) in [5.74, 6) is -2.98. The molecule has 3 saturated heterocycles. The number of cyclic esters (lactones) is 1. The second kappa shape index (κ2) is 15.9. The van der Waals surface area contributed by atoms with Gasteiger partial charge in [-0.1, -0.05) is 38.9 Å². The number of rotatable bonds is 8. The zero-order valence-corrected chi connectivity index (χ0v) is 30.0. The van der Waals surface area contributed by atoms with Crippen molar-refractivity contribution < 1.29 is 53.1 Å². The lowest BCUT2D eigenvalue weighted by Gasteiger charge is -2.48. The normalized spacial score (nSPS) is 44.7. The number of carbonyl (C=O) groups excluding carboxylic acids is 2. The number of carbonyl (C=O) groups is 2. The van der Waals surface area contributed by atoms with Crippen LogP contribution in [0.5, 0.6) is 0 Å². The van der Waals surface area contributed by atoms with Gasteiger partial charge in [0.15, 0.2) is 18.0 Å². The average molecular weight is 671 g/mol. The van der Waals surface area contributed by atoms with E-state index in [0.29, 0.717) is 18.6 Å². The number of fused-ring (bicyclic) bond motifs is 1. The first-order chi connectivity index (χ1) is 22.0. The molecule has 13 heteroatoms. The second-order valence-corrected chi connectivity index (χ2v) is 14.2. The number of ether oxygens (including phenoxy) is 7. The first-order valence-electron chi connectivity index (χ1n) is 16.7. The van der Waals surface area contributed by atoms with Crippen LogP contribution in [0.4, 0.5) is 4.79 Å². The predicted octanol–water partition coefficient (Wildman–Crippen LogP) is 4.17. The van der Waals surface area contributed by atoms with Crippen LogP contribution in [0, 0.1) is 23.7 Å². The summed E-state index contributed by atoms with van der Waals surface area (Å²) in [4.78, 5) is 28.5. The zero-order chi connectivity index (χ0) is 35.4. The van der Waals surface area contributed by atoms with Crippen molar-refractivity contribution in [1.29, 1.82) is 0 Å². The summed E-state index contributed by atoms with van der Waals surface area (Å²) in [6, 6.07) is -0.224. The van der Waals surface area contributed by atoms with Crippen LogP contribution in [0.25, 0.3) is 0 Å². The van der Waals surface area contributed by atoms with Gasteiger partial charge in [-0.3, -0.25) is 4.79 Å². The second-order valence-electron chi connectivity index (χ2n) is 14.2. The molecule has 0 bridgehead atoms. The van der Waals surface area contributed by atoms with Gasteiger partial charge in [0.2, 0.25) is 0 Å². The Bertz CT molecular complexity index is 1120. The zero-order valence-electron chi connectivity index (χ0n) is 30.0. The van der Waals surface area contributed by atoms with Gasteiger partial charge in [-0.2, -0.15) is 0 Å².